The Kier molecular flexibility index (Phi) is 13.4. The Morgan fingerprint density at radius 1 is 0.649 bits per heavy atom. The van der Waals surface area contributed by atoms with E-state index in [4.69, 9.17) is 9.47 Å². The zero-order valence-corrected chi connectivity index (χ0v) is 27.6. The van der Waals surface area contributed by atoms with E-state index in [1.54, 1.807) is 0 Å². The van der Waals surface area contributed by atoms with Crippen LogP contribution in [0.15, 0.2) is 0 Å². The highest BCUT2D eigenvalue weighted by molar-refractivity contribution is 5.76. The molecule has 0 spiro atoms. The number of carbonyl (C=O) groups is 2. The predicted octanol–water partition coefficient (Wildman–Crippen LogP) is 9.49. The predicted molar refractivity (Wildman–Crippen MR) is 157 cm³/mol. The van der Waals surface area contributed by atoms with Gasteiger partial charge in [0, 0.05) is 0 Å². The summed E-state index contributed by atoms with van der Waals surface area (Å²) in [4.78, 5) is 24.3. The highest BCUT2D eigenvalue weighted by atomic mass is 16.5. The molecule has 1 saturated carbocycles. The average Bonchev–Trinajstić information content (AvgIpc) is 2.75. The van der Waals surface area contributed by atoms with Gasteiger partial charge in [0.15, 0.2) is 0 Å². The van der Waals surface area contributed by atoms with Crippen LogP contribution < -0.4 is 0 Å². The normalized spacial score (nSPS) is 21.5. The van der Waals surface area contributed by atoms with Crippen LogP contribution in [0, 0.1) is 45.3 Å². The summed E-state index contributed by atoms with van der Waals surface area (Å²) in [5.41, 5.74) is -0.183. The molecule has 0 radical (unpaired) electrons. The van der Waals surface area contributed by atoms with Crippen molar-refractivity contribution in [3.63, 3.8) is 0 Å². The van der Waals surface area contributed by atoms with E-state index in [1.165, 1.54) is 6.42 Å². The van der Waals surface area contributed by atoms with Gasteiger partial charge in [0.05, 0.1) is 10.8 Å². The molecule has 0 aliphatic heterocycles. The molecule has 2 unspecified atom stereocenters. The summed E-state index contributed by atoms with van der Waals surface area (Å²) in [7, 11) is 0. The summed E-state index contributed by atoms with van der Waals surface area (Å²) in [6.07, 6.45) is 5.03. The lowest BCUT2D eigenvalue weighted by Gasteiger charge is -2.45. The standard InChI is InChI=1S/C20H38O2.C13H26O2/c1-10-20(8,9)17(21)22-16-12-14(18(2,3)4)11-15(13-16)19(5,6)7;1-8-13(6,7)12(14)15-11(9(2)3)10(4)5/h14-16H,10-13H2,1-9H3;9-11H,8H2,1-7H3. The van der Waals surface area contributed by atoms with Crippen molar-refractivity contribution in [2.24, 2.45) is 45.3 Å². The third-order valence-electron chi connectivity index (χ3n) is 8.82. The first-order chi connectivity index (χ1) is 16.5. The summed E-state index contributed by atoms with van der Waals surface area (Å²) >= 11 is 0. The molecule has 2 atom stereocenters. The first-order valence-corrected chi connectivity index (χ1v) is 14.9. The molecule has 1 aliphatic carbocycles. The van der Waals surface area contributed by atoms with Crippen LogP contribution in [-0.4, -0.2) is 24.1 Å². The van der Waals surface area contributed by atoms with Crippen LogP contribution >= 0.6 is 0 Å². The quantitative estimate of drug-likeness (QED) is 0.297. The molecule has 1 fully saturated rings. The maximum Gasteiger partial charge on any atom is 0.311 e. The van der Waals surface area contributed by atoms with Gasteiger partial charge in [-0.25, -0.2) is 0 Å². The van der Waals surface area contributed by atoms with E-state index < -0.39 is 0 Å². The van der Waals surface area contributed by atoms with E-state index in [-0.39, 0.29) is 45.8 Å². The molecule has 4 nitrogen and oxygen atoms in total. The fraction of sp³-hybridized carbons (Fsp3) is 0.939. The van der Waals surface area contributed by atoms with Gasteiger partial charge in [-0.3, -0.25) is 9.59 Å². The first-order valence-electron chi connectivity index (χ1n) is 14.9. The maximum absolute atomic E-state index is 12.5. The van der Waals surface area contributed by atoms with Crippen LogP contribution in [0.2, 0.25) is 0 Å². The van der Waals surface area contributed by atoms with Crippen molar-refractivity contribution in [2.45, 2.75) is 155 Å². The van der Waals surface area contributed by atoms with Crippen LogP contribution in [0.3, 0.4) is 0 Å². The molecule has 0 bridgehead atoms. The van der Waals surface area contributed by atoms with Gasteiger partial charge in [0.1, 0.15) is 12.2 Å². The van der Waals surface area contributed by atoms with Crippen molar-refractivity contribution >= 4 is 11.9 Å². The van der Waals surface area contributed by atoms with E-state index in [0.29, 0.717) is 23.7 Å². The van der Waals surface area contributed by atoms with Crippen LogP contribution in [0.25, 0.3) is 0 Å². The summed E-state index contributed by atoms with van der Waals surface area (Å²) < 4.78 is 11.5. The zero-order valence-electron chi connectivity index (χ0n) is 27.6. The van der Waals surface area contributed by atoms with Crippen molar-refractivity contribution in [3.05, 3.63) is 0 Å². The Morgan fingerprint density at radius 3 is 1.30 bits per heavy atom. The summed E-state index contributed by atoms with van der Waals surface area (Å²) in [5.74, 6) is 1.89. The largest absolute Gasteiger partial charge is 0.462 e. The fourth-order valence-electron chi connectivity index (χ4n) is 4.70. The molecular formula is C33H64O4. The molecule has 4 heteroatoms. The van der Waals surface area contributed by atoms with E-state index in [2.05, 4.69) is 76.2 Å². The number of rotatable bonds is 8. The third-order valence-corrected chi connectivity index (χ3v) is 8.82. The van der Waals surface area contributed by atoms with Crippen molar-refractivity contribution in [1.29, 1.82) is 0 Å². The van der Waals surface area contributed by atoms with E-state index >= 15 is 0 Å². The first kappa shape index (κ1) is 35.9. The minimum Gasteiger partial charge on any atom is -0.462 e. The van der Waals surface area contributed by atoms with Gasteiger partial charge >= 0.3 is 11.9 Å². The summed E-state index contributed by atoms with van der Waals surface area (Å²) in [6, 6.07) is 0. The molecule has 0 heterocycles. The molecule has 0 aromatic carbocycles. The molecule has 0 aromatic rings. The molecule has 0 amide bonds. The van der Waals surface area contributed by atoms with E-state index in [1.807, 2.05) is 34.6 Å². The molecule has 220 valence electrons. The van der Waals surface area contributed by atoms with Gasteiger partial charge in [-0.1, -0.05) is 83.1 Å². The minimum atomic E-state index is -0.369. The lowest BCUT2D eigenvalue weighted by molar-refractivity contribution is -0.165. The van der Waals surface area contributed by atoms with Crippen LogP contribution in [-0.2, 0) is 19.1 Å². The molecule has 0 aromatic heterocycles. The summed E-state index contributed by atoms with van der Waals surface area (Å²) in [6.45, 7) is 34.2. The van der Waals surface area contributed by atoms with Gasteiger partial charge in [0.2, 0.25) is 0 Å². The molecular weight excluding hydrogens is 460 g/mol. The monoisotopic (exact) mass is 524 g/mol. The topological polar surface area (TPSA) is 52.6 Å². The Labute approximate surface area is 231 Å². The summed E-state index contributed by atoms with van der Waals surface area (Å²) in [5, 5.41) is 0. The average molecular weight is 525 g/mol. The highest BCUT2D eigenvalue weighted by Crippen LogP contribution is 2.47. The Balaban J connectivity index is 0.000000757. The highest BCUT2D eigenvalue weighted by Gasteiger charge is 2.42. The van der Waals surface area contributed by atoms with Gasteiger partial charge in [0.25, 0.3) is 0 Å². The minimum absolute atomic E-state index is 0.0257. The molecule has 0 N–H and O–H groups in total. The molecule has 0 saturated heterocycles. The Morgan fingerprint density at radius 2 is 1.00 bits per heavy atom. The number of esters is 2. The van der Waals surface area contributed by atoms with Gasteiger partial charge in [-0.15, -0.1) is 0 Å². The van der Waals surface area contributed by atoms with Crippen LogP contribution in [0.1, 0.15) is 143 Å². The van der Waals surface area contributed by atoms with Gasteiger partial charge < -0.3 is 9.47 Å². The maximum atomic E-state index is 12.5. The number of hydrogen-bond acceptors (Lipinski definition) is 4. The Hall–Kier alpha value is -1.06. The van der Waals surface area contributed by atoms with Crippen molar-refractivity contribution in [2.75, 3.05) is 0 Å². The number of carbonyl (C=O) groups excluding carboxylic acids is 2. The van der Waals surface area contributed by atoms with E-state index in [0.717, 1.165) is 25.7 Å². The van der Waals surface area contributed by atoms with E-state index in [9.17, 15) is 9.59 Å². The molecule has 37 heavy (non-hydrogen) atoms. The van der Waals surface area contributed by atoms with Crippen LogP contribution in [0.4, 0.5) is 0 Å². The second-order valence-corrected chi connectivity index (χ2v) is 15.7. The van der Waals surface area contributed by atoms with Gasteiger partial charge in [-0.05, 0) is 94.3 Å². The molecule has 1 aliphatic rings. The fourth-order valence-corrected chi connectivity index (χ4v) is 4.70. The third kappa shape index (κ3) is 11.7. The number of ether oxygens (including phenoxy) is 2. The molecule has 1 rings (SSSR count). The van der Waals surface area contributed by atoms with Gasteiger partial charge in [-0.2, -0.15) is 0 Å². The second-order valence-electron chi connectivity index (χ2n) is 15.7. The zero-order chi connectivity index (χ0) is 29.6. The van der Waals surface area contributed by atoms with Crippen molar-refractivity contribution in [3.8, 4) is 0 Å². The lowest BCUT2D eigenvalue weighted by atomic mass is 9.62. The Bertz CT molecular complexity index is 673. The second kappa shape index (κ2) is 13.8. The van der Waals surface area contributed by atoms with Crippen LogP contribution in [0.5, 0.6) is 0 Å². The number of hydrogen-bond donors (Lipinski definition) is 0. The van der Waals surface area contributed by atoms with Crippen molar-refractivity contribution in [1.82, 2.24) is 0 Å². The van der Waals surface area contributed by atoms with Crippen molar-refractivity contribution < 1.29 is 19.1 Å². The lowest BCUT2D eigenvalue weighted by Crippen LogP contribution is -2.41. The smallest absolute Gasteiger partial charge is 0.311 e. The SMILES string of the molecule is CCC(C)(C)C(=O)OC(C(C)C)C(C)C.CCC(C)(C)C(=O)OC1CC(C(C)(C)C)CC(C(C)(C)C)C1.